The monoisotopic (exact) mass is 235 g/mol. The fourth-order valence-electron chi connectivity index (χ4n) is 0.984. The van der Waals surface area contributed by atoms with Crippen LogP contribution in [-0.4, -0.2) is 28.8 Å². The zero-order valence-corrected chi connectivity index (χ0v) is 10.5. The molecule has 0 bridgehead atoms. The fraction of sp³-hybridized carbons (Fsp3) is 0.750. The van der Waals surface area contributed by atoms with Gasteiger partial charge in [-0.2, -0.15) is 0 Å². The third-order valence-corrected chi connectivity index (χ3v) is 4.47. The molecular formula is C8H21N3O3Si. The van der Waals surface area contributed by atoms with Crippen LogP contribution in [0.3, 0.4) is 0 Å². The Morgan fingerprint density at radius 3 is 2.07 bits per heavy atom. The number of hydrogen-bond donors (Lipinski definition) is 3. The van der Waals surface area contributed by atoms with Gasteiger partial charge in [-0.3, -0.25) is 0 Å². The molecule has 90 valence electrons. The number of nitrogens with two attached hydrogens (primary N) is 3. The van der Waals surface area contributed by atoms with Crippen molar-refractivity contribution in [2.75, 3.05) is 14.2 Å². The van der Waals surface area contributed by atoms with E-state index >= 15 is 0 Å². The van der Waals surface area contributed by atoms with Crippen molar-refractivity contribution in [2.24, 2.45) is 17.2 Å². The van der Waals surface area contributed by atoms with Gasteiger partial charge in [-0.1, -0.05) is 6.08 Å². The highest BCUT2D eigenvalue weighted by Gasteiger charge is 2.41. The second-order valence-corrected chi connectivity index (χ2v) is 6.21. The molecule has 0 spiro atoms. The zero-order chi connectivity index (χ0) is 11.9. The van der Waals surface area contributed by atoms with Gasteiger partial charge in [0.2, 0.25) is 0 Å². The van der Waals surface area contributed by atoms with E-state index in [0.29, 0.717) is 12.5 Å². The second kappa shape index (κ2) is 6.21. The lowest BCUT2D eigenvalue weighted by molar-refractivity contribution is 0.137. The van der Waals surface area contributed by atoms with Crippen molar-refractivity contribution in [3.8, 4) is 0 Å². The van der Waals surface area contributed by atoms with Gasteiger partial charge in [0.25, 0.3) is 0 Å². The summed E-state index contributed by atoms with van der Waals surface area (Å²) in [5.41, 5.74) is 16.4. The van der Waals surface area contributed by atoms with Crippen molar-refractivity contribution in [2.45, 2.75) is 25.2 Å². The van der Waals surface area contributed by atoms with E-state index in [2.05, 4.69) is 0 Å². The minimum atomic E-state index is -2.70. The first-order valence-electron chi connectivity index (χ1n) is 4.65. The highest BCUT2D eigenvalue weighted by Crippen LogP contribution is 2.17. The minimum absolute atomic E-state index is 0.360. The molecule has 0 aromatic rings. The van der Waals surface area contributed by atoms with Crippen LogP contribution >= 0.6 is 0 Å². The third-order valence-electron chi connectivity index (χ3n) is 1.87. The van der Waals surface area contributed by atoms with Gasteiger partial charge in [-0.25, -0.2) is 0 Å². The Labute approximate surface area is 91.7 Å². The van der Waals surface area contributed by atoms with E-state index in [1.54, 1.807) is 6.08 Å². The first-order valence-corrected chi connectivity index (χ1v) is 6.58. The van der Waals surface area contributed by atoms with Gasteiger partial charge in [-0.15, -0.1) is 0 Å². The summed E-state index contributed by atoms with van der Waals surface area (Å²) in [6.45, 7) is 1.84. The molecule has 0 aromatic carbocycles. The van der Waals surface area contributed by atoms with Crippen LogP contribution in [0, 0.1) is 0 Å². The molecule has 0 aliphatic carbocycles. The maximum Gasteiger partial charge on any atom is 0.565 e. The van der Waals surface area contributed by atoms with E-state index < -0.39 is 14.6 Å². The van der Waals surface area contributed by atoms with E-state index in [-0.39, 0.29) is 0 Å². The van der Waals surface area contributed by atoms with Crippen LogP contribution < -0.4 is 17.2 Å². The second-order valence-electron chi connectivity index (χ2n) is 3.29. The van der Waals surface area contributed by atoms with Crippen molar-refractivity contribution in [1.82, 2.24) is 0 Å². The molecule has 0 amide bonds. The summed E-state index contributed by atoms with van der Waals surface area (Å²) in [7, 11) is 0.363. The highest BCUT2D eigenvalue weighted by molar-refractivity contribution is 6.60. The molecule has 0 radical (unpaired) electrons. The molecule has 0 saturated carbocycles. The number of hydrogen-bond acceptors (Lipinski definition) is 6. The lowest BCUT2D eigenvalue weighted by atomic mass is 10.3. The van der Waals surface area contributed by atoms with Crippen molar-refractivity contribution in [3.05, 3.63) is 12.3 Å². The Hall–Kier alpha value is -0.443. The van der Waals surface area contributed by atoms with Crippen LogP contribution in [0.1, 0.15) is 13.3 Å². The van der Waals surface area contributed by atoms with E-state index in [1.807, 2.05) is 6.92 Å². The van der Waals surface area contributed by atoms with Crippen molar-refractivity contribution in [1.29, 1.82) is 0 Å². The lowest BCUT2D eigenvalue weighted by Gasteiger charge is -2.27. The molecule has 0 aliphatic heterocycles. The molecule has 0 saturated heterocycles. The molecule has 7 heteroatoms. The van der Waals surface area contributed by atoms with Gasteiger partial charge in [0.05, 0.1) is 6.26 Å². The largest absolute Gasteiger partial charge is 0.565 e. The molecule has 6 nitrogen and oxygen atoms in total. The van der Waals surface area contributed by atoms with E-state index in [9.17, 15) is 0 Å². The van der Waals surface area contributed by atoms with Crippen molar-refractivity contribution >= 4 is 8.80 Å². The molecular weight excluding hydrogens is 214 g/mol. The number of allylic oxidation sites excluding steroid dienone is 1. The van der Waals surface area contributed by atoms with E-state index in [0.717, 1.165) is 0 Å². The Kier molecular flexibility index (Phi) is 6.02. The van der Waals surface area contributed by atoms with Crippen molar-refractivity contribution in [3.63, 3.8) is 0 Å². The predicted octanol–water partition coefficient (Wildman–Crippen LogP) is -0.312. The standard InChI is InChI=1S/C8H21N3O3Si/c1-4-6-14-15(12-2,13-3)7-5-8(9,10)11/h4,6H,5,7,9-11H2,1-3H3. The van der Waals surface area contributed by atoms with Gasteiger partial charge in [-0.05, 0) is 13.3 Å². The summed E-state index contributed by atoms with van der Waals surface area (Å²) < 4.78 is 15.9. The van der Waals surface area contributed by atoms with Gasteiger partial charge < -0.3 is 30.5 Å². The maximum atomic E-state index is 5.47. The van der Waals surface area contributed by atoms with Crippen LogP contribution in [0.15, 0.2) is 12.3 Å². The quantitative estimate of drug-likeness (QED) is 0.317. The van der Waals surface area contributed by atoms with Crippen LogP contribution in [0.5, 0.6) is 0 Å². The maximum absolute atomic E-state index is 5.47. The summed E-state index contributed by atoms with van der Waals surface area (Å²) in [4.78, 5) is 0. The van der Waals surface area contributed by atoms with Crippen LogP contribution in [0.25, 0.3) is 0 Å². The highest BCUT2D eigenvalue weighted by atomic mass is 28.4. The Morgan fingerprint density at radius 2 is 1.73 bits per heavy atom. The summed E-state index contributed by atoms with van der Waals surface area (Å²) in [6, 6.07) is 0.466. The van der Waals surface area contributed by atoms with Crippen LogP contribution in [0.2, 0.25) is 6.04 Å². The molecule has 0 fully saturated rings. The molecule has 15 heavy (non-hydrogen) atoms. The molecule has 0 heterocycles. The summed E-state index contributed by atoms with van der Waals surface area (Å²) in [5.74, 6) is -1.23. The van der Waals surface area contributed by atoms with E-state index in [4.69, 9.17) is 30.5 Å². The van der Waals surface area contributed by atoms with Crippen LogP contribution in [-0.2, 0) is 13.3 Å². The zero-order valence-electron chi connectivity index (χ0n) is 9.53. The summed E-state index contributed by atoms with van der Waals surface area (Å²) >= 11 is 0. The SMILES string of the molecule is CC=CO[Si](CCC(N)(N)N)(OC)OC. The van der Waals surface area contributed by atoms with Gasteiger partial charge >= 0.3 is 8.80 Å². The first-order chi connectivity index (χ1) is 6.89. The molecule has 0 atom stereocenters. The van der Waals surface area contributed by atoms with Gasteiger partial charge in [0.1, 0.15) is 5.79 Å². The average Bonchev–Trinajstić information content (AvgIpc) is 2.18. The van der Waals surface area contributed by atoms with Crippen LogP contribution in [0.4, 0.5) is 0 Å². The van der Waals surface area contributed by atoms with Crippen molar-refractivity contribution < 1.29 is 13.3 Å². The minimum Gasteiger partial charge on any atom is -0.508 e. The molecule has 6 N–H and O–H groups in total. The summed E-state index contributed by atoms with van der Waals surface area (Å²) in [6.07, 6.45) is 3.64. The fourth-order valence-corrected chi connectivity index (χ4v) is 2.95. The Balaban J connectivity index is 4.36. The van der Waals surface area contributed by atoms with Gasteiger partial charge in [0, 0.05) is 20.3 Å². The third kappa shape index (κ3) is 5.87. The predicted molar refractivity (Wildman–Crippen MR) is 60.4 cm³/mol. The normalized spacial score (nSPS) is 13.5. The molecule has 0 aliphatic rings. The Morgan fingerprint density at radius 1 is 1.20 bits per heavy atom. The summed E-state index contributed by atoms with van der Waals surface area (Å²) in [5, 5.41) is 0. The molecule has 0 unspecified atom stereocenters. The Bertz CT molecular complexity index is 202. The van der Waals surface area contributed by atoms with E-state index in [1.165, 1.54) is 20.5 Å². The molecule has 0 rings (SSSR count). The average molecular weight is 235 g/mol. The first kappa shape index (κ1) is 14.6. The number of rotatable bonds is 7. The van der Waals surface area contributed by atoms with Gasteiger partial charge in [0.15, 0.2) is 0 Å². The molecule has 0 aromatic heterocycles. The topological polar surface area (TPSA) is 106 Å². The smallest absolute Gasteiger partial charge is 0.508 e. The lowest BCUT2D eigenvalue weighted by Crippen LogP contribution is -2.59.